The van der Waals surface area contributed by atoms with Gasteiger partial charge in [0.05, 0.1) is 6.04 Å². The summed E-state index contributed by atoms with van der Waals surface area (Å²) in [7, 11) is 0. The summed E-state index contributed by atoms with van der Waals surface area (Å²) in [4.78, 5) is 28.3. The molecular formula is C20H19FN4O2. The SMILES string of the molecule is CC(C)n1nc(C(=O)Nc2ccc(Cc3cccc(F)c3)cn2)ccc1=O. The van der Waals surface area contributed by atoms with Crippen LogP contribution in [0.15, 0.2) is 59.5 Å². The Labute approximate surface area is 155 Å². The highest BCUT2D eigenvalue weighted by molar-refractivity contribution is 6.02. The van der Waals surface area contributed by atoms with Gasteiger partial charge in [-0.2, -0.15) is 5.10 Å². The third kappa shape index (κ3) is 4.63. The van der Waals surface area contributed by atoms with Gasteiger partial charge in [-0.25, -0.2) is 14.1 Å². The second kappa shape index (κ2) is 7.90. The van der Waals surface area contributed by atoms with Crippen LogP contribution in [0, 0.1) is 5.82 Å². The summed E-state index contributed by atoms with van der Waals surface area (Å²) in [5.41, 5.74) is 1.61. The third-order valence-electron chi connectivity index (χ3n) is 3.91. The summed E-state index contributed by atoms with van der Waals surface area (Å²) < 4.78 is 14.5. The first-order valence-electron chi connectivity index (χ1n) is 8.53. The molecule has 138 valence electrons. The van der Waals surface area contributed by atoms with Gasteiger partial charge in [-0.3, -0.25) is 9.59 Å². The van der Waals surface area contributed by atoms with Crippen LogP contribution in [-0.4, -0.2) is 20.7 Å². The van der Waals surface area contributed by atoms with Crippen LogP contribution >= 0.6 is 0 Å². The molecule has 7 heteroatoms. The van der Waals surface area contributed by atoms with Gasteiger partial charge < -0.3 is 5.32 Å². The van der Waals surface area contributed by atoms with Gasteiger partial charge >= 0.3 is 0 Å². The molecule has 1 N–H and O–H groups in total. The maximum atomic E-state index is 13.3. The Bertz CT molecular complexity index is 1010. The van der Waals surface area contributed by atoms with Crippen molar-refractivity contribution in [2.75, 3.05) is 5.32 Å². The zero-order valence-corrected chi connectivity index (χ0v) is 15.0. The fourth-order valence-electron chi connectivity index (χ4n) is 2.58. The largest absolute Gasteiger partial charge is 0.305 e. The number of rotatable bonds is 5. The van der Waals surface area contributed by atoms with Gasteiger partial charge in [0.25, 0.3) is 11.5 Å². The molecule has 0 spiro atoms. The summed E-state index contributed by atoms with van der Waals surface area (Å²) in [5.74, 6) is -0.360. The van der Waals surface area contributed by atoms with E-state index in [2.05, 4.69) is 15.4 Å². The molecular weight excluding hydrogens is 347 g/mol. The molecule has 3 rings (SSSR count). The second-order valence-electron chi connectivity index (χ2n) is 6.41. The van der Waals surface area contributed by atoms with Crippen molar-refractivity contribution in [3.8, 4) is 0 Å². The van der Waals surface area contributed by atoms with E-state index >= 15 is 0 Å². The molecule has 3 aromatic rings. The van der Waals surface area contributed by atoms with E-state index in [1.54, 1.807) is 18.3 Å². The van der Waals surface area contributed by atoms with E-state index in [-0.39, 0.29) is 23.1 Å². The Kier molecular flexibility index (Phi) is 5.40. The van der Waals surface area contributed by atoms with Crippen molar-refractivity contribution < 1.29 is 9.18 Å². The number of benzene rings is 1. The average Bonchev–Trinajstić information content (AvgIpc) is 2.63. The van der Waals surface area contributed by atoms with Crippen LogP contribution in [0.4, 0.5) is 10.2 Å². The Morgan fingerprint density at radius 3 is 2.63 bits per heavy atom. The summed E-state index contributed by atoms with van der Waals surface area (Å²) in [6.07, 6.45) is 2.17. The Morgan fingerprint density at radius 2 is 1.96 bits per heavy atom. The normalized spacial score (nSPS) is 10.8. The fourth-order valence-corrected chi connectivity index (χ4v) is 2.58. The lowest BCUT2D eigenvalue weighted by molar-refractivity contribution is 0.101. The number of pyridine rings is 1. The van der Waals surface area contributed by atoms with E-state index in [0.29, 0.717) is 12.2 Å². The van der Waals surface area contributed by atoms with Crippen LogP contribution in [0.5, 0.6) is 0 Å². The van der Waals surface area contributed by atoms with Crippen LogP contribution in [0.2, 0.25) is 0 Å². The molecule has 0 aliphatic heterocycles. The van der Waals surface area contributed by atoms with E-state index < -0.39 is 5.91 Å². The number of hydrogen-bond acceptors (Lipinski definition) is 4. The first-order valence-corrected chi connectivity index (χ1v) is 8.53. The van der Waals surface area contributed by atoms with E-state index in [0.717, 1.165) is 11.1 Å². The number of anilines is 1. The first kappa shape index (κ1) is 18.4. The second-order valence-corrected chi connectivity index (χ2v) is 6.41. The standard InChI is InChI=1S/C20H19FN4O2/c1-13(2)25-19(26)9-7-17(24-25)20(27)23-18-8-6-15(12-22-18)10-14-4-3-5-16(21)11-14/h3-9,11-13H,10H2,1-2H3,(H,22,23,27). The minimum absolute atomic E-state index is 0.133. The van der Waals surface area contributed by atoms with Crippen LogP contribution in [-0.2, 0) is 6.42 Å². The van der Waals surface area contributed by atoms with Crippen LogP contribution in [0.1, 0.15) is 41.5 Å². The average molecular weight is 366 g/mol. The molecule has 0 saturated carbocycles. The van der Waals surface area contributed by atoms with Gasteiger partial charge in [-0.05, 0) is 55.7 Å². The topological polar surface area (TPSA) is 76.9 Å². The molecule has 1 aromatic carbocycles. The molecule has 0 radical (unpaired) electrons. The quantitative estimate of drug-likeness (QED) is 0.752. The van der Waals surface area contributed by atoms with E-state index in [4.69, 9.17) is 0 Å². The lowest BCUT2D eigenvalue weighted by atomic mass is 10.1. The Hall–Kier alpha value is -3.35. The highest BCUT2D eigenvalue weighted by atomic mass is 19.1. The van der Waals surface area contributed by atoms with Gasteiger partial charge in [-0.1, -0.05) is 18.2 Å². The summed E-state index contributed by atoms with van der Waals surface area (Å²) in [5, 5.41) is 6.73. The number of amides is 1. The first-order chi connectivity index (χ1) is 12.9. The highest BCUT2D eigenvalue weighted by Gasteiger charge is 2.12. The number of hydrogen-bond donors (Lipinski definition) is 1. The molecule has 27 heavy (non-hydrogen) atoms. The minimum Gasteiger partial charge on any atom is -0.305 e. The van der Waals surface area contributed by atoms with Crippen molar-refractivity contribution in [1.29, 1.82) is 0 Å². The van der Waals surface area contributed by atoms with Crippen molar-refractivity contribution in [2.24, 2.45) is 0 Å². The molecule has 0 atom stereocenters. The predicted octanol–water partition coefficient (Wildman–Crippen LogP) is 3.20. The maximum absolute atomic E-state index is 13.3. The third-order valence-corrected chi connectivity index (χ3v) is 3.91. The van der Waals surface area contributed by atoms with Crippen molar-refractivity contribution in [2.45, 2.75) is 26.3 Å². The number of nitrogens with one attached hydrogen (secondary N) is 1. The lowest BCUT2D eigenvalue weighted by Gasteiger charge is -2.10. The van der Waals surface area contributed by atoms with Gasteiger partial charge in [0.15, 0.2) is 0 Å². The molecule has 2 heterocycles. The van der Waals surface area contributed by atoms with Gasteiger partial charge in [0.1, 0.15) is 17.3 Å². The van der Waals surface area contributed by atoms with Crippen molar-refractivity contribution >= 4 is 11.7 Å². The number of carbonyl (C=O) groups excluding carboxylic acids is 1. The van der Waals surface area contributed by atoms with Crippen LogP contribution in [0.25, 0.3) is 0 Å². The van der Waals surface area contributed by atoms with E-state index in [9.17, 15) is 14.0 Å². The van der Waals surface area contributed by atoms with E-state index in [1.807, 2.05) is 26.0 Å². The summed E-state index contributed by atoms with van der Waals surface area (Å²) in [6.45, 7) is 3.63. The smallest absolute Gasteiger partial charge is 0.277 e. The van der Waals surface area contributed by atoms with Gasteiger partial charge in [-0.15, -0.1) is 0 Å². The van der Waals surface area contributed by atoms with Crippen molar-refractivity contribution in [1.82, 2.24) is 14.8 Å². The van der Waals surface area contributed by atoms with Crippen molar-refractivity contribution in [3.05, 3.63) is 87.7 Å². The Morgan fingerprint density at radius 1 is 1.15 bits per heavy atom. The van der Waals surface area contributed by atoms with E-state index in [1.165, 1.54) is 28.9 Å². The lowest BCUT2D eigenvalue weighted by Crippen LogP contribution is -2.27. The summed E-state index contributed by atoms with van der Waals surface area (Å²) >= 11 is 0. The molecule has 0 saturated heterocycles. The number of aromatic nitrogens is 3. The zero-order valence-electron chi connectivity index (χ0n) is 15.0. The maximum Gasteiger partial charge on any atom is 0.277 e. The summed E-state index contributed by atoms with van der Waals surface area (Å²) in [6, 6.07) is 12.4. The van der Waals surface area contributed by atoms with Gasteiger partial charge in [0, 0.05) is 12.3 Å². The van der Waals surface area contributed by atoms with Crippen molar-refractivity contribution in [3.63, 3.8) is 0 Å². The minimum atomic E-state index is -0.449. The molecule has 2 aromatic heterocycles. The fraction of sp³-hybridized carbons (Fsp3) is 0.200. The molecule has 0 aliphatic rings. The van der Waals surface area contributed by atoms with Gasteiger partial charge in [0.2, 0.25) is 0 Å². The Balaban J connectivity index is 1.70. The molecule has 6 nitrogen and oxygen atoms in total. The van der Waals surface area contributed by atoms with Crippen LogP contribution in [0.3, 0.4) is 0 Å². The predicted molar refractivity (Wildman–Crippen MR) is 100 cm³/mol. The monoisotopic (exact) mass is 366 g/mol. The number of halogens is 1. The molecule has 0 unspecified atom stereocenters. The highest BCUT2D eigenvalue weighted by Crippen LogP contribution is 2.12. The molecule has 1 amide bonds. The molecule has 0 fully saturated rings. The molecule has 0 bridgehead atoms. The van der Waals surface area contributed by atoms with Crippen LogP contribution < -0.4 is 10.9 Å². The zero-order chi connectivity index (χ0) is 19.4. The number of nitrogens with zero attached hydrogens (tertiary/aromatic N) is 3. The number of carbonyl (C=O) groups is 1. The molecule has 0 aliphatic carbocycles.